The van der Waals surface area contributed by atoms with Gasteiger partial charge in [0.25, 0.3) is 0 Å². The molecule has 0 aliphatic carbocycles. The van der Waals surface area contributed by atoms with E-state index in [4.69, 9.17) is 10.5 Å². The molecule has 1 amide bonds. The lowest BCUT2D eigenvalue weighted by molar-refractivity contribution is -0.115. The van der Waals surface area contributed by atoms with Crippen molar-refractivity contribution in [3.63, 3.8) is 0 Å². The molecular formula is C16H14N2O3. The number of rotatable bonds is 3. The number of nitrogens with two attached hydrogens (primary N) is 1. The SMILES string of the molecule is COc1cccc(N)c1C(=O)c1ccc2c(c1)CC(=O)N2. The summed E-state index contributed by atoms with van der Waals surface area (Å²) in [4.78, 5) is 24.0. The van der Waals surface area contributed by atoms with Crippen molar-refractivity contribution >= 4 is 23.1 Å². The number of nitrogens with one attached hydrogen (secondary N) is 1. The van der Waals surface area contributed by atoms with Gasteiger partial charge in [-0.3, -0.25) is 9.59 Å². The van der Waals surface area contributed by atoms with Gasteiger partial charge in [-0.15, -0.1) is 0 Å². The van der Waals surface area contributed by atoms with Crippen molar-refractivity contribution in [2.24, 2.45) is 0 Å². The van der Waals surface area contributed by atoms with Crippen molar-refractivity contribution in [1.29, 1.82) is 0 Å². The third kappa shape index (κ3) is 2.23. The fourth-order valence-corrected chi connectivity index (χ4v) is 2.48. The minimum atomic E-state index is -0.216. The second-order valence-corrected chi connectivity index (χ2v) is 4.85. The van der Waals surface area contributed by atoms with Gasteiger partial charge in [0.05, 0.1) is 19.1 Å². The highest BCUT2D eigenvalue weighted by Gasteiger charge is 2.22. The van der Waals surface area contributed by atoms with Gasteiger partial charge in [0, 0.05) is 16.9 Å². The molecule has 2 aromatic carbocycles. The van der Waals surface area contributed by atoms with Crippen LogP contribution in [0, 0.1) is 0 Å². The molecule has 1 aliphatic heterocycles. The van der Waals surface area contributed by atoms with Gasteiger partial charge >= 0.3 is 0 Å². The number of hydrogen-bond acceptors (Lipinski definition) is 4. The number of benzene rings is 2. The molecule has 0 bridgehead atoms. The van der Waals surface area contributed by atoms with E-state index in [9.17, 15) is 9.59 Å². The highest BCUT2D eigenvalue weighted by atomic mass is 16.5. The normalized spacial score (nSPS) is 12.7. The first-order valence-corrected chi connectivity index (χ1v) is 6.50. The molecule has 2 aromatic rings. The van der Waals surface area contributed by atoms with Crippen LogP contribution < -0.4 is 15.8 Å². The van der Waals surface area contributed by atoms with Gasteiger partial charge < -0.3 is 15.8 Å². The fraction of sp³-hybridized carbons (Fsp3) is 0.125. The Labute approximate surface area is 121 Å². The zero-order valence-corrected chi connectivity index (χ0v) is 11.5. The molecule has 3 N–H and O–H groups in total. The Morgan fingerprint density at radius 2 is 2.10 bits per heavy atom. The molecule has 0 saturated heterocycles. The molecule has 5 heteroatoms. The van der Waals surface area contributed by atoms with Gasteiger partial charge in [-0.2, -0.15) is 0 Å². The molecule has 0 radical (unpaired) electrons. The standard InChI is InChI=1S/C16H14N2O3/c1-21-13-4-2-3-11(17)15(13)16(20)9-5-6-12-10(7-9)8-14(19)18-12/h2-7H,8,17H2,1H3,(H,18,19). The van der Waals surface area contributed by atoms with E-state index in [2.05, 4.69) is 5.32 Å². The average molecular weight is 282 g/mol. The number of ether oxygens (including phenoxy) is 1. The van der Waals surface area contributed by atoms with Crippen molar-refractivity contribution < 1.29 is 14.3 Å². The molecule has 0 unspecified atom stereocenters. The zero-order valence-electron chi connectivity index (χ0n) is 11.5. The van der Waals surface area contributed by atoms with E-state index in [0.717, 1.165) is 11.3 Å². The van der Waals surface area contributed by atoms with Crippen LogP contribution in [0.1, 0.15) is 21.5 Å². The maximum Gasteiger partial charge on any atom is 0.228 e. The predicted octanol–water partition coefficient (Wildman–Crippen LogP) is 2.00. The molecular weight excluding hydrogens is 268 g/mol. The van der Waals surface area contributed by atoms with Crippen molar-refractivity contribution in [1.82, 2.24) is 0 Å². The Morgan fingerprint density at radius 3 is 2.86 bits per heavy atom. The Kier molecular flexibility index (Phi) is 3.10. The van der Waals surface area contributed by atoms with Gasteiger partial charge in [-0.25, -0.2) is 0 Å². The molecule has 0 aromatic heterocycles. The molecule has 1 heterocycles. The Hall–Kier alpha value is -2.82. The summed E-state index contributed by atoms with van der Waals surface area (Å²) in [5, 5.41) is 2.74. The molecule has 5 nitrogen and oxygen atoms in total. The van der Waals surface area contributed by atoms with Crippen molar-refractivity contribution in [3.05, 3.63) is 53.1 Å². The lowest BCUT2D eigenvalue weighted by Crippen LogP contribution is -2.08. The van der Waals surface area contributed by atoms with Crippen LogP contribution in [0.5, 0.6) is 5.75 Å². The van der Waals surface area contributed by atoms with E-state index in [1.807, 2.05) is 0 Å². The number of fused-ring (bicyclic) bond motifs is 1. The first kappa shape index (κ1) is 13.2. The quantitative estimate of drug-likeness (QED) is 0.666. The van der Waals surface area contributed by atoms with Crippen LogP contribution in [0.15, 0.2) is 36.4 Å². The van der Waals surface area contributed by atoms with Crippen molar-refractivity contribution in [2.75, 3.05) is 18.2 Å². The fourth-order valence-electron chi connectivity index (χ4n) is 2.48. The number of carbonyl (C=O) groups is 2. The number of carbonyl (C=O) groups excluding carboxylic acids is 2. The number of hydrogen-bond donors (Lipinski definition) is 2. The van der Waals surface area contributed by atoms with Crippen LogP contribution >= 0.6 is 0 Å². The Morgan fingerprint density at radius 1 is 1.29 bits per heavy atom. The van der Waals surface area contributed by atoms with E-state index >= 15 is 0 Å². The summed E-state index contributed by atoms with van der Waals surface area (Å²) < 4.78 is 5.21. The molecule has 0 saturated carbocycles. The summed E-state index contributed by atoms with van der Waals surface area (Å²) in [6.07, 6.45) is 0.290. The largest absolute Gasteiger partial charge is 0.496 e. The van der Waals surface area contributed by atoms with Gasteiger partial charge in [0.15, 0.2) is 5.78 Å². The van der Waals surface area contributed by atoms with Crippen LogP contribution in [0.3, 0.4) is 0 Å². The third-order valence-electron chi connectivity index (χ3n) is 3.50. The average Bonchev–Trinajstić information content (AvgIpc) is 2.85. The van der Waals surface area contributed by atoms with Gasteiger partial charge in [-0.05, 0) is 35.9 Å². The minimum Gasteiger partial charge on any atom is -0.496 e. The molecule has 0 atom stereocenters. The first-order chi connectivity index (χ1) is 10.1. The summed E-state index contributed by atoms with van der Waals surface area (Å²) in [6, 6.07) is 10.2. The van der Waals surface area contributed by atoms with E-state index in [-0.39, 0.29) is 18.1 Å². The number of anilines is 2. The molecule has 21 heavy (non-hydrogen) atoms. The third-order valence-corrected chi connectivity index (χ3v) is 3.50. The second-order valence-electron chi connectivity index (χ2n) is 4.85. The van der Waals surface area contributed by atoms with E-state index in [1.165, 1.54) is 7.11 Å². The van der Waals surface area contributed by atoms with E-state index in [1.54, 1.807) is 36.4 Å². The molecule has 0 fully saturated rings. The van der Waals surface area contributed by atoms with Crippen LogP contribution in [-0.2, 0) is 11.2 Å². The summed E-state index contributed by atoms with van der Waals surface area (Å²) in [5.41, 5.74) is 8.68. The molecule has 0 spiro atoms. The van der Waals surface area contributed by atoms with Crippen LogP contribution in [-0.4, -0.2) is 18.8 Å². The summed E-state index contributed by atoms with van der Waals surface area (Å²) in [6.45, 7) is 0. The van der Waals surface area contributed by atoms with Crippen LogP contribution in [0.2, 0.25) is 0 Å². The predicted molar refractivity (Wildman–Crippen MR) is 79.6 cm³/mol. The van der Waals surface area contributed by atoms with Crippen molar-refractivity contribution in [2.45, 2.75) is 6.42 Å². The van der Waals surface area contributed by atoms with Crippen LogP contribution in [0.25, 0.3) is 0 Å². The monoisotopic (exact) mass is 282 g/mol. The van der Waals surface area contributed by atoms with Gasteiger partial charge in [0.1, 0.15) is 5.75 Å². The summed E-state index contributed by atoms with van der Waals surface area (Å²) in [7, 11) is 1.50. The van der Waals surface area contributed by atoms with E-state index < -0.39 is 0 Å². The van der Waals surface area contributed by atoms with Crippen LogP contribution in [0.4, 0.5) is 11.4 Å². The number of amides is 1. The number of ketones is 1. The second kappa shape index (κ2) is 4.94. The maximum absolute atomic E-state index is 12.7. The zero-order chi connectivity index (χ0) is 15.0. The highest BCUT2D eigenvalue weighted by molar-refractivity contribution is 6.14. The first-order valence-electron chi connectivity index (χ1n) is 6.50. The van der Waals surface area contributed by atoms with Gasteiger partial charge in [-0.1, -0.05) is 6.07 Å². The lowest BCUT2D eigenvalue weighted by atomic mass is 9.98. The summed E-state index contributed by atoms with van der Waals surface area (Å²) in [5.74, 6) is 0.160. The molecule has 3 rings (SSSR count). The maximum atomic E-state index is 12.7. The molecule has 106 valence electrons. The smallest absolute Gasteiger partial charge is 0.228 e. The lowest BCUT2D eigenvalue weighted by Gasteiger charge is -2.11. The van der Waals surface area contributed by atoms with Crippen molar-refractivity contribution in [3.8, 4) is 5.75 Å². The number of nitrogen functional groups attached to an aromatic ring is 1. The highest BCUT2D eigenvalue weighted by Crippen LogP contribution is 2.29. The topological polar surface area (TPSA) is 81.4 Å². The Bertz CT molecular complexity index is 753. The van der Waals surface area contributed by atoms with Gasteiger partial charge in [0.2, 0.25) is 5.91 Å². The summed E-state index contributed by atoms with van der Waals surface area (Å²) >= 11 is 0. The number of methoxy groups -OCH3 is 1. The Balaban J connectivity index is 2.04. The van der Waals surface area contributed by atoms with E-state index in [0.29, 0.717) is 22.6 Å². The minimum absolute atomic E-state index is 0.0635. The molecule has 1 aliphatic rings.